The van der Waals surface area contributed by atoms with Gasteiger partial charge < -0.3 is 10.1 Å². The highest BCUT2D eigenvalue weighted by Crippen LogP contribution is 2.35. The minimum atomic E-state index is -0.444. The van der Waals surface area contributed by atoms with Crippen LogP contribution in [0.4, 0.5) is 11.4 Å². The van der Waals surface area contributed by atoms with Crippen LogP contribution in [0.25, 0.3) is 0 Å². The van der Waals surface area contributed by atoms with Crippen molar-refractivity contribution in [3.63, 3.8) is 0 Å². The topological polar surface area (TPSA) is 106 Å². The fraction of sp³-hybridized carbons (Fsp3) is 0.0909. The molecule has 0 unspecified atom stereocenters. The number of nitrogens with one attached hydrogen (secondary N) is 2. The van der Waals surface area contributed by atoms with Crippen LogP contribution < -0.4 is 15.5 Å². The SMILES string of the molecule is O=C(CNc1ccccc1)N/N=C\c1cc(Br)c(OCc2ccc([N+](=O)[O-])cc2)c(Br)c1. The van der Waals surface area contributed by atoms with Gasteiger partial charge in [0.1, 0.15) is 12.4 Å². The Hall–Kier alpha value is -3.24. The van der Waals surface area contributed by atoms with Crippen molar-refractivity contribution in [1.29, 1.82) is 0 Å². The van der Waals surface area contributed by atoms with E-state index in [1.165, 1.54) is 18.3 Å². The van der Waals surface area contributed by atoms with E-state index in [1.807, 2.05) is 30.3 Å². The minimum Gasteiger partial charge on any atom is -0.487 e. The maximum atomic E-state index is 11.9. The molecular weight excluding hydrogens is 544 g/mol. The quantitative estimate of drug-likeness (QED) is 0.210. The third kappa shape index (κ3) is 6.89. The Balaban J connectivity index is 1.54. The molecule has 0 fully saturated rings. The summed E-state index contributed by atoms with van der Waals surface area (Å²) in [6.07, 6.45) is 1.52. The molecule has 0 aliphatic rings. The number of carbonyl (C=O) groups is 1. The smallest absolute Gasteiger partial charge is 0.269 e. The first-order valence-electron chi connectivity index (χ1n) is 9.38. The summed E-state index contributed by atoms with van der Waals surface area (Å²) >= 11 is 6.94. The van der Waals surface area contributed by atoms with Crippen LogP contribution in [0.5, 0.6) is 5.75 Å². The van der Waals surface area contributed by atoms with Gasteiger partial charge in [-0.05, 0) is 79.4 Å². The van der Waals surface area contributed by atoms with Gasteiger partial charge >= 0.3 is 0 Å². The maximum absolute atomic E-state index is 11.9. The van der Waals surface area contributed by atoms with Crippen LogP contribution in [0.3, 0.4) is 0 Å². The predicted molar refractivity (Wildman–Crippen MR) is 130 cm³/mol. The first-order valence-corrected chi connectivity index (χ1v) is 11.0. The fourth-order valence-corrected chi connectivity index (χ4v) is 4.07. The lowest BCUT2D eigenvalue weighted by Gasteiger charge is -2.11. The Labute approximate surface area is 201 Å². The van der Waals surface area contributed by atoms with E-state index in [1.54, 1.807) is 24.3 Å². The van der Waals surface area contributed by atoms with Crippen LogP contribution in [-0.4, -0.2) is 23.6 Å². The molecule has 164 valence electrons. The average Bonchev–Trinajstić information content (AvgIpc) is 2.78. The lowest BCUT2D eigenvalue weighted by molar-refractivity contribution is -0.384. The molecule has 3 rings (SSSR count). The molecule has 0 radical (unpaired) electrons. The second-order valence-electron chi connectivity index (χ2n) is 6.54. The van der Waals surface area contributed by atoms with Crippen molar-refractivity contribution >= 4 is 55.4 Å². The van der Waals surface area contributed by atoms with E-state index in [9.17, 15) is 14.9 Å². The highest BCUT2D eigenvalue weighted by molar-refractivity contribution is 9.11. The molecule has 0 aliphatic heterocycles. The summed E-state index contributed by atoms with van der Waals surface area (Å²) in [6, 6.07) is 19.2. The molecule has 2 N–H and O–H groups in total. The number of halogens is 2. The van der Waals surface area contributed by atoms with Crippen LogP contribution in [-0.2, 0) is 11.4 Å². The highest BCUT2D eigenvalue weighted by Gasteiger charge is 2.10. The number of benzene rings is 3. The molecule has 0 aliphatic carbocycles. The standard InChI is InChI=1S/C22H18Br2N4O4/c23-19-10-16(12-26-27-21(29)13-25-17-4-2-1-3-5-17)11-20(24)22(19)32-14-15-6-8-18(9-7-15)28(30)31/h1-12,25H,13-14H2,(H,27,29)/b26-12-. The number of nitro benzene ring substituents is 1. The zero-order valence-corrected chi connectivity index (χ0v) is 19.8. The van der Waals surface area contributed by atoms with Crippen molar-refractivity contribution in [3.8, 4) is 5.75 Å². The lowest BCUT2D eigenvalue weighted by Crippen LogP contribution is -2.25. The molecule has 0 atom stereocenters. The van der Waals surface area contributed by atoms with Gasteiger partial charge in [0.15, 0.2) is 0 Å². The van der Waals surface area contributed by atoms with Gasteiger partial charge in [0.2, 0.25) is 0 Å². The second kappa shape index (κ2) is 11.4. The van der Waals surface area contributed by atoms with E-state index in [4.69, 9.17) is 4.74 Å². The summed E-state index contributed by atoms with van der Waals surface area (Å²) < 4.78 is 7.21. The van der Waals surface area contributed by atoms with Crippen LogP contribution >= 0.6 is 31.9 Å². The molecule has 0 aromatic heterocycles. The van der Waals surface area contributed by atoms with Gasteiger partial charge in [0.05, 0.1) is 26.6 Å². The number of para-hydroxylation sites is 1. The van der Waals surface area contributed by atoms with Crippen LogP contribution in [0.2, 0.25) is 0 Å². The van der Waals surface area contributed by atoms with E-state index in [0.717, 1.165) is 16.8 Å². The number of rotatable bonds is 9. The highest BCUT2D eigenvalue weighted by atomic mass is 79.9. The third-order valence-electron chi connectivity index (χ3n) is 4.18. The minimum absolute atomic E-state index is 0.0303. The Bertz CT molecular complexity index is 1100. The van der Waals surface area contributed by atoms with E-state index in [2.05, 4.69) is 47.7 Å². The summed E-state index contributed by atoms with van der Waals surface area (Å²) in [4.78, 5) is 22.2. The van der Waals surface area contributed by atoms with Gasteiger partial charge in [-0.1, -0.05) is 18.2 Å². The lowest BCUT2D eigenvalue weighted by atomic mass is 10.2. The van der Waals surface area contributed by atoms with Gasteiger partial charge in [0, 0.05) is 17.8 Å². The Kier molecular flexibility index (Phi) is 8.34. The normalized spacial score (nSPS) is 10.7. The van der Waals surface area contributed by atoms with Crippen molar-refractivity contribution in [1.82, 2.24) is 5.43 Å². The monoisotopic (exact) mass is 560 g/mol. The fourth-order valence-electron chi connectivity index (χ4n) is 2.62. The van der Waals surface area contributed by atoms with E-state index < -0.39 is 4.92 Å². The molecule has 0 saturated carbocycles. The molecule has 8 nitrogen and oxygen atoms in total. The Morgan fingerprint density at radius 2 is 1.72 bits per heavy atom. The number of hydrogen-bond acceptors (Lipinski definition) is 6. The van der Waals surface area contributed by atoms with E-state index >= 15 is 0 Å². The predicted octanol–water partition coefficient (Wildman–Crippen LogP) is 5.26. The zero-order valence-electron chi connectivity index (χ0n) is 16.6. The summed E-state index contributed by atoms with van der Waals surface area (Å²) in [7, 11) is 0. The summed E-state index contributed by atoms with van der Waals surface area (Å²) in [6.45, 7) is 0.345. The number of hydrogen-bond donors (Lipinski definition) is 2. The number of ether oxygens (including phenoxy) is 1. The third-order valence-corrected chi connectivity index (χ3v) is 5.36. The summed E-state index contributed by atoms with van der Waals surface area (Å²) in [5.74, 6) is 0.308. The van der Waals surface area contributed by atoms with Gasteiger partial charge in [-0.2, -0.15) is 5.10 Å². The molecule has 0 heterocycles. The van der Waals surface area contributed by atoms with Crippen molar-refractivity contribution in [2.24, 2.45) is 5.10 Å². The number of amides is 1. The zero-order chi connectivity index (χ0) is 22.9. The Morgan fingerprint density at radius 3 is 2.34 bits per heavy atom. The first kappa shape index (κ1) is 23.4. The largest absolute Gasteiger partial charge is 0.487 e. The number of non-ortho nitro benzene ring substituents is 1. The molecule has 32 heavy (non-hydrogen) atoms. The van der Waals surface area contributed by atoms with Crippen molar-refractivity contribution in [2.75, 3.05) is 11.9 Å². The van der Waals surface area contributed by atoms with Gasteiger partial charge in [-0.25, -0.2) is 5.43 Å². The second-order valence-corrected chi connectivity index (χ2v) is 8.25. The summed E-state index contributed by atoms with van der Waals surface area (Å²) in [5, 5.41) is 17.7. The number of nitrogens with zero attached hydrogens (tertiary/aromatic N) is 2. The van der Waals surface area contributed by atoms with Crippen LogP contribution in [0.15, 0.2) is 80.8 Å². The number of anilines is 1. The molecule has 3 aromatic carbocycles. The Morgan fingerprint density at radius 1 is 1.06 bits per heavy atom. The molecule has 1 amide bonds. The van der Waals surface area contributed by atoms with Crippen LogP contribution in [0.1, 0.15) is 11.1 Å². The maximum Gasteiger partial charge on any atom is 0.269 e. The van der Waals surface area contributed by atoms with Crippen LogP contribution in [0, 0.1) is 10.1 Å². The van der Waals surface area contributed by atoms with Gasteiger partial charge in [-0.15, -0.1) is 0 Å². The van der Waals surface area contributed by atoms with Crippen molar-refractivity contribution in [2.45, 2.75) is 6.61 Å². The number of carbonyl (C=O) groups excluding carboxylic acids is 1. The summed E-state index contributed by atoms with van der Waals surface area (Å²) in [5.41, 5.74) is 4.89. The molecule has 10 heteroatoms. The van der Waals surface area contributed by atoms with Gasteiger partial charge in [0.25, 0.3) is 11.6 Å². The van der Waals surface area contributed by atoms with Crippen molar-refractivity contribution in [3.05, 3.63) is 96.9 Å². The molecular formula is C22H18Br2N4O4. The van der Waals surface area contributed by atoms with Gasteiger partial charge in [-0.3, -0.25) is 14.9 Å². The van der Waals surface area contributed by atoms with E-state index in [0.29, 0.717) is 14.7 Å². The van der Waals surface area contributed by atoms with Crippen molar-refractivity contribution < 1.29 is 14.5 Å². The molecule has 0 saturated heterocycles. The number of nitro groups is 1. The molecule has 0 bridgehead atoms. The molecule has 3 aromatic rings. The van der Waals surface area contributed by atoms with E-state index in [-0.39, 0.29) is 24.7 Å². The first-order chi connectivity index (χ1) is 15.4. The average molecular weight is 562 g/mol. The molecule has 0 spiro atoms. The number of hydrazone groups is 1.